The van der Waals surface area contributed by atoms with E-state index in [0.29, 0.717) is 16.3 Å². The summed E-state index contributed by atoms with van der Waals surface area (Å²) in [6, 6.07) is 20.8. The molecule has 3 aromatic carbocycles. The van der Waals surface area contributed by atoms with Crippen LogP contribution in [0.15, 0.2) is 84.9 Å². The van der Waals surface area contributed by atoms with Crippen LogP contribution in [0.2, 0.25) is 5.02 Å². The highest BCUT2D eigenvalue weighted by atomic mass is 35.5. The van der Waals surface area contributed by atoms with Crippen LogP contribution in [0.1, 0.15) is 22.0 Å². The maximum atomic E-state index is 15.2. The number of hydrogen-bond donors (Lipinski definition) is 1. The predicted molar refractivity (Wildman–Crippen MR) is 100.0 cm³/mol. The van der Waals surface area contributed by atoms with Gasteiger partial charge in [0.15, 0.2) is 0 Å². The number of carbonyl (C=O) groups is 1. The standard InChI is InChI=1S/C21H16ClF2NO/c22-17-13-11-16(12-14-17)20(26)21(23,24)19(15-7-3-1-4-8-15)25-18-9-5-2-6-10-18/h1-14,19,25H. The molecule has 132 valence electrons. The largest absolute Gasteiger partial charge is 0.372 e. The van der Waals surface area contributed by atoms with Crippen molar-refractivity contribution in [3.05, 3.63) is 101 Å². The van der Waals surface area contributed by atoms with Crippen molar-refractivity contribution in [1.29, 1.82) is 0 Å². The van der Waals surface area contributed by atoms with E-state index in [4.69, 9.17) is 11.6 Å². The van der Waals surface area contributed by atoms with E-state index in [0.717, 1.165) is 0 Å². The van der Waals surface area contributed by atoms with Gasteiger partial charge in [-0.2, -0.15) is 8.78 Å². The fourth-order valence-corrected chi connectivity index (χ4v) is 2.78. The maximum absolute atomic E-state index is 15.2. The number of anilines is 1. The van der Waals surface area contributed by atoms with Gasteiger partial charge in [-0.1, -0.05) is 60.1 Å². The van der Waals surface area contributed by atoms with Gasteiger partial charge in [-0.15, -0.1) is 0 Å². The Labute approximate surface area is 155 Å². The second-order valence-electron chi connectivity index (χ2n) is 5.81. The summed E-state index contributed by atoms with van der Waals surface area (Å²) in [7, 11) is 0. The van der Waals surface area contributed by atoms with Crippen LogP contribution in [-0.2, 0) is 0 Å². The van der Waals surface area contributed by atoms with Crippen LogP contribution in [0, 0.1) is 0 Å². The topological polar surface area (TPSA) is 29.1 Å². The number of nitrogens with one attached hydrogen (secondary N) is 1. The first-order chi connectivity index (χ1) is 12.5. The van der Waals surface area contributed by atoms with Crippen LogP contribution in [-0.4, -0.2) is 11.7 Å². The molecule has 0 spiro atoms. The van der Waals surface area contributed by atoms with Crippen LogP contribution >= 0.6 is 11.6 Å². The highest BCUT2D eigenvalue weighted by Crippen LogP contribution is 2.37. The number of carbonyl (C=O) groups excluding carboxylic acids is 1. The average molecular weight is 372 g/mol. The molecule has 0 fully saturated rings. The minimum atomic E-state index is -3.66. The highest BCUT2D eigenvalue weighted by Gasteiger charge is 2.48. The summed E-state index contributed by atoms with van der Waals surface area (Å²) >= 11 is 5.79. The van der Waals surface area contributed by atoms with E-state index >= 15 is 8.78 Å². The lowest BCUT2D eigenvalue weighted by molar-refractivity contribution is -0.00268. The van der Waals surface area contributed by atoms with E-state index < -0.39 is 17.7 Å². The minimum absolute atomic E-state index is 0.0878. The number of Topliss-reactive ketones (excluding diaryl/α,β-unsaturated/α-hetero) is 1. The molecule has 1 atom stereocenters. The first kappa shape index (κ1) is 18.1. The quantitative estimate of drug-likeness (QED) is 0.537. The van der Waals surface area contributed by atoms with E-state index in [9.17, 15) is 4.79 Å². The summed E-state index contributed by atoms with van der Waals surface area (Å²) < 4.78 is 30.4. The molecular weight excluding hydrogens is 356 g/mol. The van der Waals surface area contributed by atoms with E-state index in [1.807, 2.05) is 0 Å². The van der Waals surface area contributed by atoms with Gasteiger partial charge >= 0.3 is 5.92 Å². The van der Waals surface area contributed by atoms with Gasteiger partial charge in [0, 0.05) is 16.3 Å². The first-order valence-corrected chi connectivity index (χ1v) is 8.41. The van der Waals surface area contributed by atoms with Crippen LogP contribution in [0.25, 0.3) is 0 Å². The van der Waals surface area contributed by atoms with E-state index in [1.54, 1.807) is 60.7 Å². The summed E-state index contributed by atoms with van der Waals surface area (Å²) in [5.74, 6) is -4.92. The summed E-state index contributed by atoms with van der Waals surface area (Å²) in [5, 5.41) is 3.18. The van der Waals surface area contributed by atoms with E-state index in [1.165, 1.54) is 24.3 Å². The fraction of sp³-hybridized carbons (Fsp3) is 0.0952. The molecule has 2 nitrogen and oxygen atoms in total. The fourth-order valence-electron chi connectivity index (χ4n) is 2.65. The van der Waals surface area contributed by atoms with Crippen LogP contribution in [0.5, 0.6) is 0 Å². The number of ketones is 1. The van der Waals surface area contributed by atoms with Gasteiger partial charge in [0.05, 0.1) is 0 Å². The third-order valence-corrected chi connectivity index (χ3v) is 4.24. The van der Waals surface area contributed by atoms with Gasteiger partial charge in [-0.05, 0) is 42.0 Å². The Hall–Kier alpha value is -2.72. The Morgan fingerprint density at radius 3 is 1.96 bits per heavy atom. The molecule has 0 aliphatic heterocycles. The first-order valence-electron chi connectivity index (χ1n) is 8.03. The summed E-state index contributed by atoms with van der Waals surface area (Å²) in [6.07, 6.45) is 0. The molecule has 0 aromatic heterocycles. The Morgan fingerprint density at radius 1 is 0.846 bits per heavy atom. The van der Waals surface area contributed by atoms with Gasteiger partial charge in [-0.25, -0.2) is 0 Å². The number of alkyl halides is 2. The molecule has 0 saturated carbocycles. The van der Waals surface area contributed by atoms with Crippen molar-refractivity contribution in [1.82, 2.24) is 0 Å². The van der Waals surface area contributed by atoms with Gasteiger partial charge in [0.1, 0.15) is 6.04 Å². The smallest absolute Gasteiger partial charge is 0.333 e. The van der Waals surface area contributed by atoms with Crippen molar-refractivity contribution >= 4 is 23.1 Å². The summed E-state index contributed by atoms with van der Waals surface area (Å²) in [5.41, 5.74) is 0.740. The number of para-hydroxylation sites is 1. The third kappa shape index (κ3) is 3.92. The molecule has 5 heteroatoms. The third-order valence-electron chi connectivity index (χ3n) is 3.99. The second kappa shape index (κ2) is 7.67. The Bertz CT molecular complexity index is 868. The molecule has 0 saturated heterocycles. The predicted octanol–water partition coefficient (Wildman–Crippen LogP) is 6.01. The van der Waals surface area contributed by atoms with Crippen LogP contribution in [0.4, 0.5) is 14.5 Å². The lowest BCUT2D eigenvalue weighted by Gasteiger charge is -2.28. The summed E-state index contributed by atoms with van der Waals surface area (Å²) in [6.45, 7) is 0. The molecule has 0 aliphatic carbocycles. The maximum Gasteiger partial charge on any atom is 0.333 e. The number of rotatable bonds is 6. The molecule has 0 heterocycles. The van der Waals surface area contributed by atoms with Crippen molar-refractivity contribution in [3.63, 3.8) is 0 Å². The molecule has 1 N–H and O–H groups in total. The van der Waals surface area contributed by atoms with Gasteiger partial charge in [0.25, 0.3) is 0 Å². The highest BCUT2D eigenvalue weighted by molar-refractivity contribution is 6.30. The number of halogens is 3. The van der Waals surface area contributed by atoms with Gasteiger partial charge in [-0.3, -0.25) is 4.79 Å². The SMILES string of the molecule is O=C(c1ccc(Cl)cc1)C(F)(F)C(Nc1ccccc1)c1ccccc1. The Balaban J connectivity index is 1.99. The van der Waals surface area contributed by atoms with Crippen molar-refractivity contribution in [2.45, 2.75) is 12.0 Å². The molecule has 1 unspecified atom stereocenters. The lowest BCUT2D eigenvalue weighted by atomic mass is 9.93. The Morgan fingerprint density at radius 2 is 1.38 bits per heavy atom. The monoisotopic (exact) mass is 371 g/mol. The molecular formula is C21H16ClF2NO. The van der Waals surface area contributed by atoms with Gasteiger partial charge < -0.3 is 5.32 Å². The molecule has 0 bridgehead atoms. The average Bonchev–Trinajstić information content (AvgIpc) is 2.67. The zero-order valence-corrected chi connectivity index (χ0v) is 14.5. The Kier molecular flexibility index (Phi) is 5.33. The van der Waals surface area contributed by atoms with Crippen molar-refractivity contribution in [2.24, 2.45) is 0 Å². The zero-order chi connectivity index (χ0) is 18.6. The van der Waals surface area contributed by atoms with Crippen molar-refractivity contribution < 1.29 is 13.6 Å². The molecule has 0 amide bonds. The van der Waals surface area contributed by atoms with Crippen LogP contribution < -0.4 is 5.32 Å². The molecule has 26 heavy (non-hydrogen) atoms. The minimum Gasteiger partial charge on any atom is -0.372 e. The lowest BCUT2D eigenvalue weighted by Crippen LogP contribution is -2.40. The van der Waals surface area contributed by atoms with Gasteiger partial charge in [0.2, 0.25) is 5.78 Å². The normalized spacial score (nSPS) is 12.4. The van der Waals surface area contributed by atoms with Crippen LogP contribution in [0.3, 0.4) is 0 Å². The molecule has 0 radical (unpaired) electrons. The molecule has 3 rings (SSSR count). The van der Waals surface area contributed by atoms with Crippen molar-refractivity contribution in [3.8, 4) is 0 Å². The summed E-state index contributed by atoms with van der Waals surface area (Å²) in [4.78, 5) is 12.5. The number of benzene rings is 3. The van der Waals surface area contributed by atoms with E-state index in [2.05, 4.69) is 5.32 Å². The second-order valence-corrected chi connectivity index (χ2v) is 6.25. The van der Waals surface area contributed by atoms with E-state index in [-0.39, 0.29) is 5.56 Å². The molecule has 0 aliphatic rings. The number of hydrogen-bond acceptors (Lipinski definition) is 2. The zero-order valence-electron chi connectivity index (χ0n) is 13.7. The molecule has 3 aromatic rings. The van der Waals surface area contributed by atoms with Crippen molar-refractivity contribution in [2.75, 3.05) is 5.32 Å².